The zero-order valence-electron chi connectivity index (χ0n) is 28.8. The summed E-state index contributed by atoms with van der Waals surface area (Å²) >= 11 is 0. The van der Waals surface area contributed by atoms with Crippen molar-refractivity contribution in [3.63, 3.8) is 0 Å². The van der Waals surface area contributed by atoms with Gasteiger partial charge in [-0.1, -0.05) is 50.8 Å². The lowest BCUT2D eigenvalue weighted by atomic mass is 9.58. The third-order valence-corrected chi connectivity index (χ3v) is 11.7. The van der Waals surface area contributed by atoms with Crippen molar-refractivity contribution in [2.45, 2.75) is 145 Å². The molecule has 1 saturated heterocycles. The van der Waals surface area contributed by atoms with Gasteiger partial charge in [0, 0.05) is 13.0 Å². The summed E-state index contributed by atoms with van der Waals surface area (Å²) in [4.78, 5) is 0. The van der Waals surface area contributed by atoms with E-state index in [0.29, 0.717) is 36.8 Å². The van der Waals surface area contributed by atoms with Crippen molar-refractivity contribution in [2.24, 2.45) is 29.6 Å². The van der Waals surface area contributed by atoms with Crippen molar-refractivity contribution in [2.75, 3.05) is 6.61 Å². The Labute approximate surface area is 286 Å². The summed E-state index contributed by atoms with van der Waals surface area (Å²) < 4.78 is 18.5. The lowest BCUT2D eigenvalue weighted by Gasteiger charge is -2.53. The van der Waals surface area contributed by atoms with Crippen LogP contribution >= 0.6 is 0 Å². The number of benzene rings is 1. The van der Waals surface area contributed by atoms with Crippen LogP contribution in [0.15, 0.2) is 36.9 Å². The van der Waals surface area contributed by atoms with Gasteiger partial charge in [0.1, 0.15) is 36.3 Å². The minimum Gasteiger partial charge on any atom is -0.462 e. The van der Waals surface area contributed by atoms with Crippen molar-refractivity contribution < 1.29 is 44.8 Å². The van der Waals surface area contributed by atoms with E-state index in [-0.39, 0.29) is 37.7 Å². The van der Waals surface area contributed by atoms with E-state index in [2.05, 4.69) is 32.5 Å². The van der Waals surface area contributed by atoms with Gasteiger partial charge >= 0.3 is 0 Å². The summed E-state index contributed by atoms with van der Waals surface area (Å²) in [5, 5.41) is 69.1. The average Bonchev–Trinajstić information content (AvgIpc) is 3.06. The number of hydrogen-bond donors (Lipinski definition) is 6. The van der Waals surface area contributed by atoms with E-state index in [0.717, 1.165) is 50.5 Å². The Morgan fingerprint density at radius 1 is 1.02 bits per heavy atom. The maximum Gasteiger partial charge on any atom is 0.232 e. The van der Waals surface area contributed by atoms with Gasteiger partial charge in [-0.2, -0.15) is 0 Å². The number of aliphatic hydroxyl groups excluding tert-OH is 4. The molecule has 2 saturated carbocycles. The molecule has 3 heterocycles. The molecule has 5 aliphatic rings. The van der Waals surface area contributed by atoms with Crippen LogP contribution in [-0.4, -0.2) is 85.3 Å². The Hall–Kier alpha value is -2.16. The number of allylic oxidation sites excluding steroid dienone is 1. The highest BCUT2D eigenvalue weighted by molar-refractivity contribution is 5.29. The van der Waals surface area contributed by atoms with Crippen molar-refractivity contribution in [3.05, 3.63) is 42.5 Å². The van der Waals surface area contributed by atoms with Crippen molar-refractivity contribution in [1.29, 1.82) is 0 Å². The quantitative estimate of drug-likeness (QED) is 0.150. The standard InChI is InChI=1S/C39H58O9/c1-4-7-26-13-18-30(19-14-26)47-37-39(45)24-31(28-15-17-29-16-12-27(11-10-25(2)3)22-38(29,44)23-28)32(41)8-6-21-46-33(9-5-20-40)35(48-37)34(42)36(39)43/h4,13-14,18-19,25,27-29,31-37,40-45H,1,5,7-12,15-17,20,22-24H2,2-3H3/t27-,28+,29+,31?,32-,33-,34+,35+,36-,37-,38-,39-/m0/s1. The summed E-state index contributed by atoms with van der Waals surface area (Å²) in [5.41, 5.74) is -1.96. The first-order valence-corrected chi connectivity index (χ1v) is 18.2. The van der Waals surface area contributed by atoms with Gasteiger partial charge in [0.2, 0.25) is 6.29 Å². The molecule has 6 N–H and O–H groups in total. The molecule has 268 valence electrons. The summed E-state index contributed by atoms with van der Waals surface area (Å²) in [5.74, 6) is 3.83. The molecular formula is C39H58O9. The average molecular weight is 671 g/mol. The molecule has 0 aromatic heterocycles. The molecule has 6 rings (SSSR count). The molecule has 3 fully saturated rings. The molecule has 9 heteroatoms. The zero-order valence-corrected chi connectivity index (χ0v) is 28.8. The molecule has 48 heavy (non-hydrogen) atoms. The molecule has 12 atom stereocenters. The molecule has 0 amide bonds. The van der Waals surface area contributed by atoms with E-state index < -0.39 is 53.9 Å². The van der Waals surface area contributed by atoms with Crippen LogP contribution < -0.4 is 4.74 Å². The number of ether oxygens (including phenoxy) is 3. The van der Waals surface area contributed by atoms with Gasteiger partial charge in [-0.3, -0.25) is 0 Å². The second-order valence-corrected chi connectivity index (χ2v) is 15.5. The molecular weight excluding hydrogens is 612 g/mol. The summed E-state index contributed by atoms with van der Waals surface area (Å²) in [6, 6.07) is 7.27. The fraction of sp³-hybridized carbons (Fsp3) is 0.744. The molecule has 1 aromatic rings. The third-order valence-electron chi connectivity index (χ3n) is 11.7. The first-order chi connectivity index (χ1) is 23.0. The fourth-order valence-corrected chi connectivity index (χ4v) is 8.89. The normalized spacial score (nSPS) is 40.0. The van der Waals surface area contributed by atoms with E-state index in [1.807, 2.05) is 12.1 Å². The Morgan fingerprint density at radius 2 is 1.77 bits per heavy atom. The van der Waals surface area contributed by atoms with Gasteiger partial charge in [-0.15, -0.1) is 6.58 Å². The molecule has 2 aliphatic carbocycles. The van der Waals surface area contributed by atoms with Crippen molar-refractivity contribution in [3.8, 4) is 17.8 Å². The van der Waals surface area contributed by atoms with Gasteiger partial charge in [-0.25, -0.2) is 0 Å². The highest BCUT2D eigenvalue weighted by Gasteiger charge is 2.60. The zero-order chi connectivity index (χ0) is 34.5. The first kappa shape index (κ1) is 37.1. The summed E-state index contributed by atoms with van der Waals surface area (Å²) in [6.07, 6.45) is 5.17. The topological polar surface area (TPSA) is 149 Å². The minimum atomic E-state index is -2.12. The second kappa shape index (κ2) is 16.2. The maximum atomic E-state index is 12.5. The van der Waals surface area contributed by atoms with Crippen molar-refractivity contribution in [1.82, 2.24) is 0 Å². The van der Waals surface area contributed by atoms with Gasteiger partial charge < -0.3 is 44.8 Å². The van der Waals surface area contributed by atoms with Crippen LogP contribution in [0.2, 0.25) is 0 Å². The summed E-state index contributed by atoms with van der Waals surface area (Å²) in [7, 11) is 0. The van der Waals surface area contributed by atoms with E-state index in [1.165, 1.54) is 0 Å². The van der Waals surface area contributed by atoms with Crippen LogP contribution in [0.3, 0.4) is 0 Å². The van der Waals surface area contributed by atoms with Crippen LogP contribution in [0.1, 0.15) is 96.5 Å². The lowest BCUT2D eigenvalue weighted by Crippen LogP contribution is -2.70. The van der Waals surface area contributed by atoms with Crippen LogP contribution in [0, 0.1) is 41.6 Å². The van der Waals surface area contributed by atoms with Gasteiger partial charge in [-0.05, 0) is 111 Å². The molecule has 9 nitrogen and oxygen atoms in total. The SMILES string of the molecule is C=CCc1ccc(O[C@H]2O[C@H]3[C@@H](O)[C@H](O)[C@@]2(O)CC([C@@H]2CC[C@H]4CC[C@H](CCC(C)C)C[C@]4(O)C2)[C@@H](O)CC#CO[C@H]3CCCO)cc1. The van der Waals surface area contributed by atoms with E-state index >= 15 is 0 Å². The largest absolute Gasteiger partial charge is 0.462 e. The summed E-state index contributed by atoms with van der Waals surface area (Å²) in [6.45, 7) is 8.13. The molecule has 0 spiro atoms. The Bertz CT molecular complexity index is 1240. The van der Waals surface area contributed by atoms with Gasteiger partial charge in [0.05, 0.1) is 11.7 Å². The van der Waals surface area contributed by atoms with Crippen LogP contribution in [-0.2, 0) is 15.9 Å². The Kier molecular flexibility index (Phi) is 12.6. The van der Waals surface area contributed by atoms with Crippen LogP contribution in [0.5, 0.6) is 5.75 Å². The lowest BCUT2D eigenvalue weighted by molar-refractivity contribution is -0.334. The monoisotopic (exact) mass is 670 g/mol. The van der Waals surface area contributed by atoms with Crippen LogP contribution in [0.4, 0.5) is 0 Å². The maximum absolute atomic E-state index is 12.5. The molecule has 0 radical (unpaired) electrons. The molecule has 3 aliphatic heterocycles. The van der Waals surface area contributed by atoms with Gasteiger partial charge in [0.15, 0.2) is 5.60 Å². The predicted molar refractivity (Wildman–Crippen MR) is 181 cm³/mol. The first-order valence-electron chi connectivity index (χ1n) is 18.2. The number of fused-ring (bicyclic) bond motifs is 9. The van der Waals surface area contributed by atoms with E-state index in [1.54, 1.807) is 18.2 Å². The van der Waals surface area contributed by atoms with Gasteiger partial charge in [0.25, 0.3) is 0 Å². The number of aliphatic hydroxyl groups is 6. The fourth-order valence-electron chi connectivity index (χ4n) is 8.89. The Morgan fingerprint density at radius 3 is 2.48 bits per heavy atom. The predicted octanol–water partition coefficient (Wildman–Crippen LogP) is 4.24. The number of rotatable bonds is 11. The van der Waals surface area contributed by atoms with Crippen molar-refractivity contribution >= 4 is 0 Å². The second-order valence-electron chi connectivity index (χ2n) is 15.5. The molecule has 1 unspecified atom stereocenters. The van der Waals surface area contributed by atoms with Crippen LogP contribution in [0.25, 0.3) is 0 Å². The number of hydrogen-bond acceptors (Lipinski definition) is 9. The minimum absolute atomic E-state index is 0.0727. The highest BCUT2D eigenvalue weighted by atomic mass is 16.7. The molecule has 2 bridgehead atoms. The molecule has 1 aromatic carbocycles. The third kappa shape index (κ3) is 8.40. The van der Waals surface area contributed by atoms with E-state index in [4.69, 9.17) is 14.2 Å². The smallest absolute Gasteiger partial charge is 0.232 e. The highest BCUT2D eigenvalue weighted by Crippen LogP contribution is 2.52. The van der Waals surface area contributed by atoms with E-state index in [9.17, 15) is 30.6 Å². The Balaban J connectivity index is 1.46.